The van der Waals surface area contributed by atoms with Gasteiger partial charge in [-0.15, -0.1) is 0 Å². The van der Waals surface area contributed by atoms with E-state index in [0.717, 1.165) is 17.5 Å². The van der Waals surface area contributed by atoms with E-state index >= 15 is 0 Å². The molecule has 0 radical (unpaired) electrons. The van der Waals surface area contributed by atoms with Crippen molar-refractivity contribution in [1.29, 1.82) is 0 Å². The van der Waals surface area contributed by atoms with Gasteiger partial charge in [0.15, 0.2) is 0 Å². The van der Waals surface area contributed by atoms with E-state index in [9.17, 15) is 8.42 Å². The Morgan fingerprint density at radius 3 is 2.30 bits per heavy atom. The lowest BCUT2D eigenvalue weighted by Crippen LogP contribution is -2.20. The first-order chi connectivity index (χ1) is 10.9. The first-order valence-corrected chi connectivity index (χ1v) is 8.92. The van der Waals surface area contributed by atoms with Gasteiger partial charge < -0.3 is 0 Å². The molecule has 0 amide bonds. The van der Waals surface area contributed by atoms with Crippen LogP contribution in [0.15, 0.2) is 58.8 Å². The highest BCUT2D eigenvalue weighted by molar-refractivity contribution is 7.89. The summed E-state index contributed by atoms with van der Waals surface area (Å²) in [6.07, 6.45) is 4.19. The summed E-state index contributed by atoms with van der Waals surface area (Å²) in [4.78, 5) is 6.40. The van der Waals surface area contributed by atoms with Crippen LogP contribution in [0, 0.1) is 5.92 Å². The molecule has 23 heavy (non-hydrogen) atoms. The minimum atomic E-state index is -3.66. The van der Waals surface area contributed by atoms with E-state index in [1.54, 1.807) is 43.6 Å². The van der Waals surface area contributed by atoms with Crippen LogP contribution in [0.2, 0.25) is 0 Å². The van der Waals surface area contributed by atoms with Crippen molar-refractivity contribution in [3.63, 3.8) is 0 Å². The van der Waals surface area contributed by atoms with E-state index < -0.39 is 10.0 Å². The van der Waals surface area contributed by atoms with Gasteiger partial charge in [0.1, 0.15) is 0 Å². The van der Waals surface area contributed by atoms with Crippen LogP contribution in [-0.4, -0.2) is 19.1 Å². The summed E-state index contributed by atoms with van der Waals surface area (Å²) in [6.45, 7) is 6.00. The van der Waals surface area contributed by atoms with E-state index in [2.05, 4.69) is 28.8 Å². The second kappa shape index (κ2) is 7.37. The number of pyridine rings is 1. The maximum atomic E-state index is 12.3. The van der Waals surface area contributed by atoms with Gasteiger partial charge in [-0.1, -0.05) is 26.0 Å². The molecule has 0 atom stereocenters. The molecule has 0 spiro atoms. The molecule has 1 aromatic carbocycles. The van der Waals surface area contributed by atoms with Crippen LogP contribution in [0.1, 0.15) is 31.9 Å². The zero-order valence-corrected chi connectivity index (χ0v) is 14.3. The number of hydrazone groups is 1. The fourth-order valence-electron chi connectivity index (χ4n) is 2.12. The summed E-state index contributed by atoms with van der Waals surface area (Å²) in [6, 6.07) is 10.4. The van der Waals surface area contributed by atoms with Gasteiger partial charge in [-0.05, 0) is 49.1 Å². The Balaban J connectivity index is 2.12. The minimum absolute atomic E-state index is 0.205. The quantitative estimate of drug-likeness (QED) is 0.653. The Morgan fingerprint density at radius 2 is 1.74 bits per heavy atom. The number of nitrogens with zero attached hydrogens (tertiary/aromatic N) is 2. The lowest BCUT2D eigenvalue weighted by atomic mass is 10.0. The van der Waals surface area contributed by atoms with Gasteiger partial charge in [0.2, 0.25) is 0 Å². The van der Waals surface area contributed by atoms with Crippen LogP contribution in [-0.2, 0) is 16.4 Å². The number of aromatic nitrogens is 1. The van der Waals surface area contributed by atoms with Gasteiger partial charge in [-0.2, -0.15) is 18.4 Å². The van der Waals surface area contributed by atoms with E-state index in [1.807, 2.05) is 12.1 Å². The van der Waals surface area contributed by atoms with Gasteiger partial charge in [-0.3, -0.25) is 4.98 Å². The number of benzene rings is 1. The number of hydrogen-bond donors (Lipinski definition) is 1. The average Bonchev–Trinajstić information content (AvgIpc) is 2.53. The molecule has 6 heteroatoms. The average molecular weight is 331 g/mol. The fourth-order valence-corrected chi connectivity index (χ4v) is 2.97. The summed E-state index contributed by atoms with van der Waals surface area (Å²) in [5, 5.41) is 3.96. The van der Waals surface area contributed by atoms with Crippen molar-refractivity contribution in [3.05, 3.63) is 59.9 Å². The van der Waals surface area contributed by atoms with E-state index in [0.29, 0.717) is 11.6 Å². The second-order valence-corrected chi connectivity index (χ2v) is 7.43. The van der Waals surface area contributed by atoms with Crippen LogP contribution in [0.3, 0.4) is 0 Å². The third-order valence-corrected chi connectivity index (χ3v) is 4.53. The topological polar surface area (TPSA) is 71.4 Å². The summed E-state index contributed by atoms with van der Waals surface area (Å²) < 4.78 is 24.5. The molecule has 0 saturated carbocycles. The number of rotatable bonds is 6. The second-order valence-electron chi connectivity index (χ2n) is 5.77. The molecule has 5 nitrogen and oxygen atoms in total. The molecular weight excluding hydrogens is 310 g/mol. The fraction of sp³-hybridized carbons (Fsp3) is 0.294. The Bertz CT molecular complexity index is 767. The van der Waals surface area contributed by atoms with Crippen molar-refractivity contribution in [2.75, 3.05) is 0 Å². The lowest BCUT2D eigenvalue weighted by molar-refractivity contribution is 0.584. The predicted octanol–water partition coefficient (Wildman–Crippen LogP) is 2.98. The van der Waals surface area contributed by atoms with Crippen molar-refractivity contribution < 1.29 is 8.42 Å². The molecule has 2 rings (SSSR count). The summed E-state index contributed by atoms with van der Waals surface area (Å²) >= 11 is 0. The van der Waals surface area contributed by atoms with Crippen LogP contribution < -0.4 is 4.83 Å². The van der Waals surface area contributed by atoms with Crippen LogP contribution >= 0.6 is 0 Å². The number of sulfonamides is 1. The van der Waals surface area contributed by atoms with Crippen molar-refractivity contribution in [1.82, 2.24) is 9.82 Å². The standard InChI is InChI=1S/C17H21N3O2S/c1-13(2)12-15-4-6-17(7-5-15)23(21,22)20-19-14(3)16-8-10-18-11-9-16/h4-11,13,20H,12H2,1-3H3/b19-14+. The van der Waals surface area contributed by atoms with Gasteiger partial charge in [0.05, 0.1) is 10.6 Å². The van der Waals surface area contributed by atoms with Gasteiger partial charge in [0.25, 0.3) is 10.0 Å². The van der Waals surface area contributed by atoms with Crippen molar-refractivity contribution in [2.24, 2.45) is 11.0 Å². The zero-order chi connectivity index (χ0) is 16.9. The molecule has 0 fully saturated rings. The molecule has 0 unspecified atom stereocenters. The van der Waals surface area contributed by atoms with E-state index in [-0.39, 0.29) is 4.90 Å². The zero-order valence-electron chi connectivity index (χ0n) is 13.5. The Kier molecular flexibility index (Phi) is 5.50. The van der Waals surface area contributed by atoms with Crippen molar-refractivity contribution in [3.8, 4) is 0 Å². The van der Waals surface area contributed by atoms with Crippen molar-refractivity contribution >= 4 is 15.7 Å². The summed E-state index contributed by atoms with van der Waals surface area (Å²) in [7, 11) is -3.66. The maximum Gasteiger partial charge on any atom is 0.276 e. The first-order valence-electron chi connectivity index (χ1n) is 7.44. The molecule has 0 saturated heterocycles. The van der Waals surface area contributed by atoms with Crippen LogP contribution in [0.4, 0.5) is 0 Å². The summed E-state index contributed by atoms with van der Waals surface area (Å²) in [5.41, 5.74) is 2.51. The number of hydrogen-bond acceptors (Lipinski definition) is 4. The van der Waals surface area contributed by atoms with E-state index in [1.165, 1.54) is 0 Å². The molecular formula is C17H21N3O2S. The van der Waals surface area contributed by atoms with Gasteiger partial charge in [-0.25, -0.2) is 0 Å². The van der Waals surface area contributed by atoms with E-state index in [4.69, 9.17) is 0 Å². The smallest absolute Gasteiger partial charge is 0.265 e. The van der Waals surface area contributed by atoms with Crippen LogP contribution in [0.25, 0.3) is 0 Å². The molecule has 1 heterocycles. The molecule has 2 aromatic rings. The van der Waals surface area contributed by atoms with Crippen molar-refractivity contribution in [2.45, 2.75) is 32.1 Å². The van der Waals surface area contributed by atoms with Gasteiger partial charge >= 0.3 is 0 Å². The molecule has 1 aromatic heterocycles. The summed E-state index contributed by atoms with van der Waals surface area (Å²) in [5.74, 6) is 0.531. The molecule has 1 N–H and O–H groups in total. The normalized spacial score (nSPS) is 12.4. The lowest BCUT2D eigenvalue weighted by Gasteiger charge is -2.08. The molecule has 0 aliphatic carbocycles. The molecule has 0 aliphatic rings. The Labute approximate surface area is 137 Å². The largest absolute Gasteiger partial charge is 0.276 e. The highest BCUT2D eigenvalue weighted by atomic mass is 32.2. The number of nitrogens with one attached hydrogen (secondary N) is 1. The highest BCUT2D eigenvalue weighted by Gasteiger charge is 2.13. The first kappa shape index (κ1) is 17.1. The third kappa shape index (κ3) is 4.89. The highest BCUT2D eigenvalue weighted by Crippen LogP contribution is 2.13. The molecule has 0 aliphatic heterocycles. The van der Waals surface area contributed by atoms with Crippen LogP contribution in [0.5, 0.6) is 0 Å². The van der Waals surface area contributed by atoms with Gasteiger partial charge in [0, 0.05) is 18.0 Å². The molecule has 0 bridgehead atoms. The monoisotopic (exact) mass is 331 g/mol. The predicted molar refractivity (Wildman–Crippen MR) is 91.8 cm³/mol. The third-order valence-electron chi connectivity index (χ3n) is 3.31. The Morgan fingerprint density at radius 1 is 1.13 bits per heavy atom. The minimum Gasteiger partial charge on any atom is -0.265 e. The maximum absolute atomic E-state index is 12.3. The Hall–Kier alpha value is -2.21. The SMILES string of the molecule is C/C(=N\NS(=O)(=O)c1ccc(CC(C)C)cc1)c1ccncc1. The molecule has 122 valence electrons.